The summed E-state index contributed by atoms with van der Waals surface area (Å²) < 4.78 is 24.9. The van der Waals surface area contributed by atoms with E-state index in [1.54, 1.807) is 6.07 Å². The number of methoxy groups -OCH3 is 1. The number of piperidine rings is 3. The topological polar surface area (TPSA) is 59.1 Å². The monoisotopic (exact) mass is 412 g/mol. The number of benzene rings is 2. The molecule has 3 aliphatic rings. The lowest BCUT2D eigenvalue weighted by Crippen LogP contribution is -2.53. The molecular weight excluding hydrogens is 387 g/mol. The number of anilines is 1. The molecule has 0 aliphatic carbocycles. The molecule has 2 aromatic rings. The van der Waals surface area contributed by atoms with E-state index < -0.39 is 17.9 Å². The fourth-order valence-electron chi connectivity index (χ4n) is 4.22. The van der Waals surface area contributed by atoms with E-state index in [2.05, 4.69) is 9.64 Å². The molecule has 0 spiro atoms. The molecular formula is C23H25FN2O4. The molecule has 2 aromatic carbocycles. The van der Waals surface area contributed by atoms with Gasteiger partial charge >= 0.3 is 12.1 Å². The summed E-state index contributed by atoms with van der Waals surface area (Å²) >= 11 is 0. The lowest BCUT2D eigenvalue weighted by atomic mass is 9.86. The van der Waals surface area contributed by atoms with Gasteiger partial charge in [0, 0.05) is 12.2 Å². The van der Waals surface area contributed by atoms with E-state index in [0.717, 1.165) is 32.5 Å². The van der Waals surface area contributed by atoms with Crippen molar-refractivity contribution in [2.24, 2.45) is 5.92 Å². The number of amides is 1. The van der Waals surface area contributed by atoms with E-state index in [4.69, 9.17) is 4.74 Å². The molecule has 5 rings (SSSR count). The minimum atomic E-state index is -0.735. The smallest absolute Gasteiger partial charge is 0.414 e. The van der Waals surface area contributed by atoms with Crippen LogP contribution in [-0.4, -0.2) is 49.8 Å². The second-order valence-electron chi connectivity index (χ2n) is 7.79. The summed E-state index contributed by atoms with van der Waals surface area (Å²) in [6, 6.07) is 13.4. The highest BCUT2D eigenvalue weighted by Gasteiger charge is 2.37. The summed E-state index contributed by atoms with van der Waals surface area (Å²) in [6.07, 6.45) is 1.52. The summed E-state index contributed by atoms with van der Waals surface area (Å²) in [5.74, 6) is -1.02. The van der Waals surface area contributed by atoms with E-state index >= 15 is 0 Å². The average Bonchev–Trinajstić information content (AvgIpc) is 2.78. The maximum absolute atomic E-state index is 14.4. The van der Waals surface area contributed by atoms with Crippen molar-refractivity contribution in [2.45, 2.75) is 25.5 Å². The zero-order valence-electron chi connectivity index (χ0n) is 16.9. The first-order chi connectivity index (χ1) is 14.5. The molecule has 30 heavy (non-hydrogen) atoms. The second-order valence-corrected chi connectivity index (χ2v) is 7.79. The average molecular weight is 412 g/mol. The van der Waals surface area contributed by atoms with Crippen LogP contribution in [0.4, 0.5) is 14.9 Å². The standard InChI is InChI=1S/C23H25FN2O4/c1-29-22(27)19-8-7-16(13-20(19)24)14-26(18-5-3-2-4-6-18)23(28)30-21-15-25-11-9-17(21)10-12-25/h2-8,13,17,21H,9-12,14-15H2,1H3/t21-/m0/s1. The van der Waals surface area contributed by atoms with Crippen LogP contribution in [0.1, 0.15) is 28.8 Å². The van der Waals surface area contributed by atoms with E-state index in [-0.39, 0.29) is 18.2 Å². The number of carbonyl (C=O) groups is 2. The number of hydrogen-bond acceptors (Lipinski definition) is 5. The molecule has 0 saturated carbocycles. The number of ether oxygens (including phenoxy) is 2. The second kappa shape index (κ2) is 8.83. The van der Waals surface area contributed by atoms with Crippen LogP contribution in [0.2, 0.25) is 0 Å². The van der Waals surface area contributed by atoms with Gasteiger partial charge in [-0.1, -0.05) is 24.3 Å². The molecule has 3 saturated heterocycles. The molecule has 3 fully saturated rings. The lowest BCUT2D eigenvalue weighted by molar-refractivity contribution is -0.0311. The van der Waals surface area contributed by atoms with Crippen molar-refractivity contribution in [1.82, 2.24) is 4.90 Å². The minimum absolute atomic E-state index is 0.121. The third kappa shape index (κ3) is 4.31. The maximum atomic E-state index is 14.4. The van der Waals surface area contributed by atoms with E-state index in [1.165, 1.54) is 24.1 Å². The Morgan fingerprint density at radius 2 is 1.87 bits per heavy atom. The predicted molar refractivity (Wildman–Crippen MR) is 110 cm³/mol. The van der Waals surface area contributed by atoms with Crippen molar-refractivity contribution >= 4 is 17.7 Å². The Labute approximate surface area is 175 Å². The van der Waals surface area contributed by atoms with Crippen LogP contribution in [0.15, 0.2) is 48.5 Å². The van der Waals surface area contributed by atoms with Crippen LogP contribution in [0, 0.1) is 11.7 Å². The van der Waals surface area contributed by atoms with Crippen LogP contribution < -0.4 is 4.90 Å². The number of rotatable bonds is 5. The fourth-order valence-corrected chi connectivity index (χ4v) is 4.22. The van der Waals surface area contributed by atoms with Gasteiger partial charge in [0.2, 0.25) is 0 Å². The molecule has 3 heterocycles. The number of esters is 1. The fraction of sp³-hybridized carbons (Fsp3) is 0.391. The SMILES string of the molecule is COC(=O)c1ccc(CN(C(=O)O[C@H]2CN3CCC2CC3)c2ccccc2)cc1F. The van der Waals surface area contributed by atoms with Crippen molar-refractivity contribution in [3.05, 3.63) is 65.5 Å². The van der Waals surface area contributed by atoms with Gasteiger partial charge in [0.25, 0.3) is 0 Å². The number of halogens is 1. The molecule has 7 heteroatoms. The largest absolute Gasteiger partial charge is 0.465 e. The first kappa shape index (κ1) is 20.3. The molecule has 0 radical (unpaired) electrons. The van der Waals surface area contributed by atoms with Crippen LogP contribution in [-0.2, 0) is 16.0 Å². The molecule has 1 atom stereocenters. The molecule has 6 nitrogen and oxygen atoms in total. The Kier molecular flexibility index (Phi) is 5.99. The Morgan fingerprint density at radius 1 is 1.13 bits per heavy atom. The van der Waals surface area contributed by atoms with Gasteiger partial charge in [0.1, 0.15) is 11.9 Å². The molecule has 158 valence electrons. The van der Waals surface area contributed by atoms with Gasteiger partial charge in [-0.3, -0.25) is 9.80 Å². The number of carbonyl (C=O) groups excluding carboxylic acids is 2. The molecule has 3 aliphatic heterocycles. The summed E-state index contributed by atoms with van der Waals surface area (Å²) in [4.78, 5) is 28.6. The third-order valence-electron chi connectivity index (χ3n) is 5.92. The third-order valence-corrected chi connectivity index (χ3v) is 5.92. The van der Waals surface area contributed by atoms with Crippen molar-refractivity contribution in [1.29, 1.82) is 0 Å². The van der Waals surface area contributed by atoms with Crippen LogP contribution in [0.5, 0.6) is 0 Å². The van der Waals surface area contributed by atoms with E-state index in [9.17, 15) is 14.0 Å². The van der Waals surface area contributed by atoms with Gasteiger partial charge in [-0.05, 0) is 61.7 Å². The van der Waals surface area contributed by atoms with E-state index in [1.807, 2.05) is 30.3 Å². The van der Waals surface area contributed by atoms with Gasteiger partial charge in [-0.2, -0.15) is 0 Å². The lowest BCUT2D eigenvalue weighted by Gasteiger charge is -2.44. The zero-order chi connectivity index (χ0) is 21.1. The molecule has 0 unspecified atom stereocenters. The van der Waals surface area contributed by atoms with Crippen LogP contribution in [0.25, 0.3) is 0 Å². The quantitative estimate of drug-likeness (QED) is 0.699. The van der Waals surface area contributed by atoms with Crippen LogP contribution in [0.3, 0.4) is 0 Å². The van der Waals surface area contributed by atoms with Gasteiger partial charge in [0.05, 0.1) is 19.2 Å². The molecule has 1 amide bonds. The minimum Gasteiger partial charge on any atom is -0.465 e. The van der Waals surface area contributed by atoms with Crippen LogP contribution >= 0.6 is 0 Å². The highest BCUT2D eigenvalue weighted by atomic mass is 19.1. The van der Waals surface area contributed by atoms with Crippen molar-refractivity contribution in [3.63, 3.8) is 0 Å². The first-order valence-electron chi connectivity index (χ1n) is 10.2. The molecule has 0 aromatic heterocycles. The highest BCUT2D eigenvalue weighted by molar-refractivity contribution is 5.90. The first-order valence-corrected chi connectivity index (χ1v) is 10.2. The Balaban J connectivity index is 1.54. The van der Waals surface area contributed by atoms with Crippen molar-refractivity contribution in [2.75, 3.05) is 31.6 Å². The zero-order valence-corrected chi connectivity index (χ0v) is 16.9. The number of hydrogen-bond donors (Lipinski definition) is 0. The van der Waals surface area contributed by atoms with E-state index in [0.29, 0.717) is 17.2 Å². The summed E-state index contributed by atoms with van der Waals surface area (Å²) in [6.45, 7) is 3.02. The molecule has 2 bridgehead atoms. The van der Waals surface area contributed by atoms with Gasteiger partial charge in [-0.15, -0.1) is 0 Å². The van der Waals surface area contributed by atoms with Gasteiger partial charge < -0.3 is 9.47 Å². The van der Waals surface area contributed by atoms with Gasteiger partial charge in [0.15, 0.2) is 0 Å². The number of para-hydroxylation sites is 1. The predicted octanol–water partition coefficient (Wildman–Crippen LogP) is 3.85. The van der Waals surface area contributed by atoms with Crippen molar-refractivity contribution in [3.8, 4) is 0 Å². The number of nitrogens with zero attached hydrogens (tertiary/aromatic N) is 2. The maximum Gasteiger partial charge on any atom is 0.414 e. The number of fused-ring (bicyclic) bond motifs is 3. The Bertz CT molecular complexity index is 913. The van der Waals surface area contributed by atoms with Crippen molar-refractivity contribution < 1.29 is 23.5 Å². The summed E-state index contributed by atoms with van der Waals surface area (Å²) in [5.41, 5.74) is 1.08. The Morgan fingerprint density at radius 3 is 2.47 bits per heavy atom. The Hall–Kier alpha value is -2.93. The molecule has 0 N–H and O–H groups in total. The summed E-state index contributed by atoms with van der Waals surface area (Å²) in [5, 5.41) is 0. The summed E-state index contributed by atoms with van der Waals surface area (Å²) in [7, 11) is 1.21. The highest BCUT2D eigenvalue weighted by Crippen LogP contribution is 2.30. The normalized spacial score (nSPS) is 22.4. The van der Waals surface area contributed by atoms with Gasteiger partial charge in [-0.25, -0.2) is 14.0 Å².